The van der Waals surface area contributed by atoms with Crippen LogP contribution >= 0.6 is 0 Å². The molecule has 3 atom stereocenters. The third-order valence-corrected chi connectivity index (χ3v) is 4.76. The largest absolute Gasteiger partial charge is 0.308 e. The lowest BCUT2D eigenvalue weighted by Crippen LogP contribution is -2.66. The van der Waals surface area contributed by atoms with E-state index in [1.165, 1.54) is 57.8 Å². The predicted octanol–water partition coefficient (Wildman–Crippen LogP) is 3.22. The number of hydrogen-bond acceptors (Lipinski definition) is 2. The van der Waals surface area contributed by atoms with Gasteiger partial charge in [0, 0.05) is 24.2 Å². The van der Waals surface area contributed by atoms with Crippen molar-refractivity contribution in [3.05, 3.63) is 0 Å². The molecule has 1 saturated heterocycles. The summed E-state index contributed by atoms with van der Waals surface area (Å²) in [6, 6.07) is 1.32. The first-order valence-electron chi connectivity index (χ1n) is 7.72. The van der Waals surface area contributed by atoms with E-state index in [9.17, 15) is 0 Å². The average Bonchev–Trinajstić information content (AvgIpc) is 2.35. The summed E-state index contributed by atoms with van der Waals surface area (Å²) in [6.07, 6.45) is 12.7. The van der Waals surface area contributed by atoms with Crippen LogP contribution in [-0.4, -0.2) is 24.2 Å². The van der Waals surface area contributed by atoms with E-state index in [0.29, 0.717) is 17.6 Å². The maximum absolute atomic E-state index is 3.83. The number of nitrogens with one attached hydrogen (secondary N) is 2. The summed E-state index contributed by atoms with van der Waals surface area (Å²) >= 11 is 0. The minimum Gasteiger partial charge on any atom is -0.308 e. The van der Waals surface area contributed by atoms with E-state index in [4.69, 9.17) is 0 Å². The second-order valence-electron chi connectivity index (χ2n) is 6.43. The molecule has 1 aliphatic carbocycles. The van der Waals surface area contributed by atoms with Crippen LogP contribution in [0.3, 0.4) is 0 Å². The van der Waals surface area contributed by atoms with E-state index >= 15 is 0 Å². The van der Waals surface area contributed by atoms with E-state index in [-0.39, 0.29) is 0 Å². The fraction of sp³-hybridized carbons (Fsp3) is 1.00. The van der Waals surface area contributed by atoms with Gasteiger partial charge >= 0.3 is 0 Å². The average molecular weight is 238 g/mol. The lowest BCUT2D eigenvalue weighted by Gasteiger charge is -2.46. The Balaban J connectivity index is 1.98. The smallest absolute Gasteiger partial charge is 0.0307 e. The molecule has 2 fully saturated rings. The Morgan fingerprint density at radius 1 is 0.941 bits per heavy atom. The van der Waals surface area contributed by atoms with Crippen molar-refractivity contribution in [2.45, 2.75) is 89.3 Å². The Bertz CT molecular complexity index is 229. The lowest BCUT2D eigenvalue weighted by molar-refractivity contribution is 0.161. The van der Waals surface area contributed by atoms with Crippen LogP contribution < -0.4 is 10.6 Å². The zero-order valence-corrected chi connectivity index (χ0v) is 11.7. The number of piperazine rings is 1. The summed E-state index contributed by atoms with van der Waals surface area (Å²) in [7, 11) is 0. The van der Waals surface area contributed by atoms with Crippen molar-refractivity contribution >= 4 is 0 Å². The molecule has 17 heavy (non-hydrogen) atoms. The molecule has 0 amide bonds. The summed E-state index contributed by atoms with van der Waals surface area (Å²) in [5, 5.41) is 7.65. The molecule has 1 saturated carbocycles. The fourth-order valence-corrected chi connectivity index (χ4v) is 3.48. The normalized spacial score (nSPS) is 41.3. The predicted molar refractivity (Wildman–Crippen MR) is 74.3 cm³/mol. The van der Waals surface area contributed by atoms with E-state index in [1.807, 2.05) is 0 Å². The Morgan fingerprint density at radius 3 is 2.35 bits per heavy atom. The molecular formula is C15H30N2. The molecule has 2 rings (SSSR count). The first-order valence-corrected chi connectivity index (χ1v) is 7.72. The minimum absolute atomic E-state index is 0.344. The molecular weight excluding hydrogens is 208 g/mol. The molecule has 100 valence electrons. The van der Waals surface area contributed by atoms with Gasteiger partial charge in [-0.15, -0.1) is 0 Å². The standard InChI is InChI=1S/C15H30N2/c1-13-12-16-15(2)11-9-7-5-3-4-6-8-10-14(15)17-13/h13-14,16-17H,3-12H2,1-2H3. The molecule has 2 nitrogen and oxygen atoms in total. The molecule has 3 unspecified atom stereocenters. The van der Waals surface area contributed by atoms with Gasteiger partial charge in [-0.05, 0) is 26.7 Å². The highest BCUT2D eigenvalue weighted by atomic mass is 15.1. The zero-order chi connectivity index (χ0) is 12.1. The maximum Gasteiger partial charge on any atom is 0.0307 e. The highest BCUT2D eigenvalue weighted by molar-refractivity contribution is 5.00. The number of hydrogen-bond donors (Lipinski definition) is 2. The Morgan fingerprint density at radius 2 is 1.59 bits per heavy atom. The highest BCUT2D eigenvalue weighted by Crippen LogP contribution is 2.27. The van der Waals surface area contributed by atoms with E-state index in [2.05, 4.69) is 24.5 Å². The van der Waals surface area contributed by atoms with Gasteiger partial charge in [0.05, 0.1) is 0 Å². The highest BCUT2D eigenvalue weighted by Gasteiger charge is 2.37. The van der Waals surface area contributed by atoms with E-state index in [1.54, 1.807) is 0 Å². The third kappa shape index (κ3) is 3.69. The van der Waals surface area contributed by atoms with Gasteiger partial charge < -0.3 is 10.6 Å². The SMILES string of the molecule is CC1CNC2(C)CCCCCCCCCC2N1. The monoisotopic (exact) mass is 238 g/mol. The fourth-order valence-electron chi connectivity index (χ4n) is 3.48. The van der Waals surface area contributed by atoms with Crippen LogP contribution in [-0.2, 0) is 0 Å². The van der Waals surface area contributed by atoms with Crippen molar-refractivity contribution < 1.29 is 0 Å². The second-order valence-corrected chi connectivity index (χ2v) is 6.43. The molecule has 2 aliphatic rings. The Hall–Kier alpha value is -0.0800. The van der Waals surface area contributed by atoms with Gasteiger partial charge in [0.15, 0.2) is 0 Å². The molecule has 2 N–H and O–H groups in total. The van der Waals surface area contributed by atoms with E-state index in [0.717, 1.165) is 6.54 Å². The molecule has 1 aliphatic heterocycles. The van der Waals surface area contributed by atoms with Crippen molar-refractivity contribution in [2.75, 3.05) is 6.54 Å². The first kappa shape index (κ1) is 13.4. The number of fused-ring (bicyclic) bond motifs is 1. The molecule has 0 radical (unpaired) electrons. The summed E-state index contributed by atoms with van der Waals surface area (Å²) in [4.78, 5) is 0. The molecule has 0 spiro atoms. The van der Waals surface area contributed by atoms with Crippen molar-refractivity contribution in [3.8, 4) is 0 Å². The summed E-state index contributed by atoms with van der Waals surface area (Å²) in [5.41, 5.74) is 0.344. The van der Waals surface area contributed by atoms with Crippen LogP contribution in [0.1, 0.15) is 71.6 Å². The van der Waals surface area contributed by atoms with Gasteiger partial charge in [-0.25, -0.2) is 0 Å². The van der Waals surface area contributed by atoms with Crippen molar-refractivity contribution in [3.63, 3.8) is 0 Å². The van der Waals surface area contributed by atoms with Crippen LogP contribution in [0.4, 0.5) is 0 Å². The maximum atomic E-state index is 3.83. The van der Waals surface area contributed by atoms with Gasteiger partial charge in [0.25, 0.3) is 0 Å². The van der Waals surface area contributed by atoms with Gasteiger partial charge in [-0.1, -0.05) is 44.9 Å². The van der Waals surface area contributed by atoms with Crippen LogP contribution in [0.2, 0.25) is 0 Å². The Labute approximate surface area is 107 Å². The number of rotatable bonds is 0. The summed E-state index contributed by atoms with van der Waals surface area (Å²) in [5.74, 6) is 0. The molecule has 0 aromatic heterocycles. The lowest BCUT2D eigenvalue weighted by atomic mass is 9.81. The minimum atomic E-state index is 0.344. The van der Waals surface area contributed by atoms with E-state index < -0.39 is 0 Å². The van der Waals surface area contributed by atoms with Crippen LogP contribution in [0.5, 0.6) is 0 Å². The summed E-state index contributed by atoms with van der Waals surface area (Å²) < 4.78 is 0. The topological polar surface area (TPSA) is 24.1 Å². The van der Waals surface area contributed by atoms with Crippen molar-refractivity contribution in [1.29, 1.82) is 0 Å². The van der Waals surface area contributed by atoms with Crippen LogP contribution in [0.15, 0.2) is 0 Å². The van der Waals surface area contributed by atoms with Crippen LogP contribution in [0.25, 0.3) is 0 Å². The third-order valence-electron chi connectivity index (χ3n) is 4.76. The molecule has 1 heterocycles. The molecule has 0 aromatic rings. The van der Waals surface area contributed by atoms with Gasteiger partial charge in [0.2, 0.25) is 0 Å². The van der Waals surface area contributed by atoms with Crippen molar-refractivity contribution in [2.24, 2.45) is 0 Å². The van der Waals surface area contributed by atoms with Crippen LogP contribution in [0, 0.1) is 0 Å². The zero-order valence-electron chi connectivity index (χ0n) is 11.7. The van der Waals surface area contributed by atoms with Crippen molar-refractivity contribution in [1.82, 2.24) is 10.6 Å². The first-order chi connectivity index (χ1) is 8.21. The molecule has 2 heteroatoms. The van der Waals surface area contributed by atoms with Gasteiger partial charge in [-0.3, -0.25) is 0 Å². The van der Waals surface area contributed by atoms with Gasteiger partial charge in [-0.2, -0.15) is 0 Å². The second kappa shape index (κ2) is 6.19. The molecule has 0 bridgehead atoms. The van der Waals surface area contributed by atoms with Gasteiger partial charge in [0.1, 0.15) is 0 Å². The molecule has 0 aromatic carbocycles. The quantitative estimate of drug-likeness (QED) is 0.677. The summed E-state index contributed by atoms with van der Waals surface area (Å²) in [6.45, 7) is 5.87. The Kier molecular flexibility index (Phi) is 4.87.